The summed E-state index contributed by atoms with van der Waals surface area (Å²) in [6.07, 6.45) is 2.35. The number of hydrogen-bond acceptors (Lipinski definition) is 4. The molecule has 0 aliphatic heterocycles. The molecule has 1 aromatic carbocycles. The largest absolute Gasteiger partial charge is 0.355 e. The lowest BCUT2D eigenvalue weighted by Gasteiger charge is -2.14. The number of carbonyl (C=O) groups excluding carboxylic acids is 1. The second-order valence-corrected chi connectivity index (χ2v) is 7.91. The molecule has 0 unspecified atom stereocenters. The molecular formula is C18H23N3OS. The predicted molar refractivity (Wildman–Crippen MR) is 94.7 cm³/mol. The van der Waals surface area contributed by atoms with E-state index in [1.807, 2.05) is 31.2 Å². The summed E-state index contributed by atoms with van der Waals surface area (Å²) >= 11 is 1.53. The summed E-state index contributed by atoms with van der Waals surface area (Å²) in [4.78, 5) is 21.7. The van der Waals surface area contributed by atoms with Crippen LogP contribution >= 0.6 is 11.8 Å². The topological polar surface area (TPSA) is 54.9 Å². The van der Waals surface area contributed by atoms with Crippen LogP contribution in [0.2, 0.25) is 0 Å². The van der Waals surface area contributed by atoms with Crippen LogP contribution in [-0.4, -0.2) is 27.7 Å². The molecule has 1 N–H and O–H groups in total. The highest BCUT2D eigenvalue weighted by Crippen LogP contribution is 2.40. The number of hydrogen-bond donors (Lipinski definition) is 1. The molecule has 1 saturated carbocycles. The Morgan fingerprint density at radius 3 is 2.70 bits per heavy atom. The molecule has 1 aliphatic rings. The van der Waals surface area contributed by atoms with Crippen LogP contribution in [0.15, 0.2) is 29.3 Å². The number of aromatic nitrogens is 2. The molecule has 122 valence electrons. The van der Waals surface area contributed by atoms with E-state index in [9.17, 15) is 4.79 Å². The minimum atomic E-state index is -0.167. The summed E-state index contributed by atoms with van der Waals surface area (Å²) in [6, 6.07) is 8.05. The third kappa shape index (κ3) is 4.02. The fourth-order valence-corrected chi connectivity index (χ4v) is 3.32. The zero-order chi connectivity index (χ0) is 16.4. The summed E-state index contributed by atoms with van der Waals surface area (Å²) in [6.45, 7) is 6.84. The van der Waals surface area contributed by atoms with Gasteiger partial charge in [-0.3, -0.25) is 4.79 Å². The van der Waals surface area contributed by atoms with E-state index in [1.54, 1.807) is 0 Å². The quantitative estimate of drug-likeness (QED) is 0.647. The van der Waals surface area contributed by atoms with Gasteiger partial charge in [-0.1, -0.05) is 43.8 Å². The van der Waals surface area contributed by atoms with Crippen molar-refractivity contribution in [3.63, 3.8) is 0 Å². The lowest BCUT2D eigenvalue weighted by atomic mass is 10.2. The first kappa shape index (κ1) is 16.2. The van der Waals surface area contributed by atoms with Crippen molar-refractivity contribution in [3.05, 3.63) is 30.1 Å². The maximum Gasteiger partial charge on any atom is 0.233 e. The van der Waals surface area contributed by atoms with E-state index >= 15 is 0 Å². The van der Waals surface area contributed by atoms with Gasteiger partial charge in [-0.2, -0.15) is 0 Å². The molecule has 4 nitrogen and oxygen atoms in total. The van der Waals surface area contributed by atoms with Crippen molar-refractivity contribution >= 4 is 28.6 Å². The Labute approximate surface area is 141 Å². The second-order valence-electron chi connectivity index (χ2n) is 6.58. The lowest BCUT2D eigenvalue weighted by molar-refractivity contribution is -0.120. The second kappa shape index (κ2) is 6.87. The third-order valence-corrected chi connectivity index (χ3v) is 4.97. The van der Waals surface area contributed by atoms with Gasteiger partial charge in [0.1, 0.15) is 10.9 Å². The standard InChI is InChI=1S/C18H23N3OS/c1-11(2)10-19-17(22)12(3)23-18-14-6-4-5-7-15(14)20-16(21-18)13-8-9-13/h4-7,11-13H,8-10H2,1-3H3,(H,19,22)/t12-/m1/s1. The first-order valence-electron chi connectivity index (χ1n) is 8.25. The molecule has 1 amide bonds. The van der Waals surface area contributed by atoms with E-state index < -0.39 is 0 Å². The fraction of sp³-hybridized carbons (Fsp3) is 0.500. The van der Waals surface area contributed by atoms with Crippen LogP contribution in [0.3, 0.4) is 0 Å². The van der Waals surface area contributed by atoms with E-state index in [2.05, 4.69) is 24.1 Å². The van der Waals surface area contributed by atoms with Gasteiger partial charge in [0.25, 0.3) is 0 Å². The van der Waals surface area contributed by atoms with Crippen molar-refractivity contribution < 1.29 is 4.79 Å². The highest BCUT2D eigenvalue weighted by Gasteiger charge is 2.28. The van der Waals surface area contributed by atoms with E-state index in [0.29, 0.717) is 18.4 Å². The highest BCUT2D eigenvalue weighted by atomic mass is 32.2. The highest BCUT2D eigenvalue weighted by molar-refractivity contribution is 8.00. The number of benzene rings is 1. The molecule has 0 spiro atoms. The van der Waals surface area contributed by atoms with Gasteiger partial charge >= 0.3 is 0 Å². The molecule has 1 aromatic heterocycles. The number of fused-ring (bicyclic) bond motifs is 1. The number of nitrogens with zero attached hydrogens (tertiary/aromatic N) is 2. The van der Waals surface area contributed by atoms with Crippen LogP contribution in [-0.2, 0) is 4.79 Å². The first-order valence-corrected chi connectivity index (χ1v) is 9.13. The molecule has 0 radical (unpaired) electrons. The number of thioether (sulfide) groups is 1. The Balaban J connectivity index is 1.82. The molecule has 23 heavy (non-hydrogen) atoms. The summed E-state index contributed by atoms with van der Waals surface area (Å²) in [5.74, 6) is 1.96. The SMILES string of the molecule is CC(C)CNC(=O)[C@@H](C)Sc1nc(C2CC2)nc2ccccc12. The Hall–Kier alpha value is -1.62. The normalized spacial score (nSPS) is 15.8. The Kier molecular flexibility index (Phi) is 4.85. The molecule has 1 aliphatic carbocycles. The summed E-state index contributed by atoms with van der Waals surface area (Å²) < 4.78 is 0. The first-order chi connectivity index (χ1) is 11.0. The minimum Gasteiger partial charge on any atom is -0.355 e. The summed E-state index contributed by atoms with van der Waals surface area (Å²) in [5.41, 5.74) is 0.974. The predicted octanol–water partition coefficient (Wildman–Crippen LogP) is 3.76. The number of nitrogens with one attached hydrogen (secondary N) is 1. The lowest BCUT2D eigenvalue weighted by Crippen LogP contribution is -2.33. The van der Waals surface area contributed by atoms with Gasteiger partial charge in [0, 0.05) is 17.8 Å². The van der Waals surface area contributed by atoms with Crippen LogP contribution in [0, 0.1) is 5.92 Å². The minimum absolute atomic E-state index is 0.0689. The van der Waals surface area contributed by atoms with Gasteiger partial charge in [0.2, 0.25) is 5.91 Å². The Morgan fingerprint density at radius 2 is 2.00 bits per heavy atom. The Morgan fingerprint density at radius 1 is 1.26 bits per heavy atom. The molecule has 0 bridgehead atoms. The molecule has 3 rings (SSSR count). The van der Waals surface area contributed by atoms with E-state index in [-0.39, 0.29) is 11.2 Å². The van der Waals surface area contributed by atoms with Crippen LogP contribution < -0.4 is 5.32 Å². The van der Waals surface area contributed by atoms with Gasteiger partial charge in [0.15, 0.2) is 0 Å². The van der Waals surface area contributed by atoms with E-state index in [4.69, 9.17) is 4.98 Å². The number of carbonyl (C=O) groups is 1. The average molecular weight is 329 g/mol. The molecule has 2 aromatic rings. The van der Waals surface area contributed by atoms with Crippen molar-refractivity contribution in [1.29, 1.82) is 0 Å². The smallest absolute Gasteiger partial charge is 0.233 e. The van der Waals surface area contributed by atoms with Gasteiger partial charge in [-0.05, 0) is 31.7 Å². The van der Waals surface area contributed by atoms with Gasteiger partial charge < -0.3 is 5.32 Å². The summed E-state index contributed by atoms with van der Waals surface area (Å²) in [7, 11) is 0. The molecular weight excluding hydrogens is 306 g/mol. The summed E-state index contributed by atoms with van der Waals surface area (Å²) in [5, 5.41) is 4.78. The monoisotopic (exact) mass is 329 g/mol. The third-order valence-electron chi connectivity index (χ3n) is 3.87. The van der Waals surface area contributed by atoms with Crippen molar-refractivity contribution in [2.45, 2.75) is 49.8 Å². The molecule has 1 fully saturated rings. The molecule has 5 heteroatoms. The zero-order valence-electron chi connectivity index (χ0n) is 13.9. The van der Waals surface area contributed by atoms with Gasteiger partial charge in [-0.25, -0.2) is 9.97 Å². The van der Waals surface area contributed by atoms with Crippen LogP contribution in [0.25, 0.3) is 10.9 Å². The van der Waals surface area contributed by atoms with Crippen molar-refractivity contribution in [2.24, 2.45) is 5.92 Å². The molecule has 0 saturated heterocycles. The number of amides is 1. The maximum absolute atomic E-state index is 12.2. The molecule has 1 atom stereocenters. The van der Waals surface area contributed by atoms with Crippen LogP contribution in [0.5, 0.6) is 0 Å². The molecule has 1 heterocycles. The average Bonchev–Trinajstić information content (AvgIpc) is 3.37. The van der Waals surface area contributed by atoms with Gasteiger partial charge in [0.05, 0.1) is 10.8 Å². The number of para-hydroxylation sites is 1. The van der Waals surface area contributed by atoms with E-state index in [1.165, 1.54) is 24.6 Å². The van der Waals surface area contributed by atoms with Crippen molar-refractivity contribution in [3.8, 4) is 0 Å². The zero-order valence-corrected chi connectivity index (χ0v) is 14.7. The Bertz CT molecular complexity index is 712. The van der Waals surface area contributed by atoms with Crippen LogP contribution in [0.4, 0.5) is 0 Å². The maximum atomic E-state index is 12.2. The van der Waals surface area contributed by atoms with Crippen molar-refractivity contribution in [1.82, 2.24) is 15.3 Å². The van der Waals surface area contributed by atoms with Crippen molar-refractivity contribution in [2.75, 3.05) is 6.54 Å². The van der Waals surface area contributed by atoms with Crippen LogP contribution in [0.1, 0.15) is 45.4 Å². The van der Waals surface area contributed by atoms with E-state index in [0.717, 1.165) is 21.8 Å². The number of rotatable bonds is 6. The van der Waals surface area contributed by atoms with Gasteiger partial charge in [-0.15, -0.1) is 0 Å². The fourth-order valence-electron chi connectivity index (χ4n) is 2.35.